The van der Waals surface area contributed by atoms with Crippen LogP contribution in [-0.4, -0.2) is 33.2 Å². The number of aromatic nitrogens is 2. The van der Waals surface area contributed by atoms with E-state index in [4.69, 9.17) is 14.7 Å². The van der Waals surface area contributed by atoms with Gasteiger partial charge in [-0.2, -0.15) is 18.7 Å². The second-order valence-electron chi connectivity index (χ2n) is 4.27. The Morgan fingerprint density at radius 1 is 1.48 bits per heavy atom. The van der Waals surface area contributed by atoms with Gasteiger partial charge in [0.1, 0.15) is 5.65 Å². The molecule has 0 aliphatic carbocycles. The van der Waals surface area contributed by atoms with E-state index in [9.17, 15) is 13.2 Å². The molecule has 0 saturated carbocycles. The molecule has 2 aromatic rings. The Morgan fingerprint density at radius 3 is 2.76 bits per heavy atom. The summed E-state index contributed by atoms with van der Waals surface area (Å²) in [7, 11) is 0. The molecule has 0 aromatic carbocycles. The molecule has 9 heteroatoms. The Hall–Kier alpha value is -2.13. The molecule has 3 heterocycles. The molecule has 2 N–H and O–H groups in total. The molecule has 0 radical (unpaired) electrons. The molecule has 0 spiro atoms. The fourth-order valence-corrected chi connectivity index (χ4v) is 1.77. The minimum atomic E-state index is -5.08. The van der Waals surface area contributed by atoms with Crippen molar-refractivity contribution in [1.82, 2.24) is 14.9 Å². The highest BCUT2D eigenvalue weighted by Crippen LogP contribution is 2.21. The standard InChI is InChI=1S/C10H11N3O.C2HF3O2/c1-2-10-11-4-5-13(10)7-8(1)9-3-6-14-12-9;3-2(4,5)1(6)7/h1-2,4-5,7,9,12H,3,6H2;(H,6,7). The lowest BCUT2D eigenvalue weighted by Gasteiger charge is -2.08. The number of aliphatic carboxylic acids is 1. The number of carboxylic acids is 1. The number of alkyl halides is 3. The van der Waals surface area contributed by atoms with Crippen LogP contribution in [0.25, 0.3) is 5.65 Å². The Morgan fingerprint density at radius 2 is 2.19 bits per heavy atom. The third-order valence-electron chi connectivity index (χ3n) is 2.79. The average Bonchev–Trinajstić information content (AvgIpc) is 3.09. The Kier molecular flexibility index (Phi) is 4.43. The first-order chi connectivity index (χ1) is 9.88. The first-order valence-corrected chi connectivity index (χ1v) is 5.98. The third kappa shape index (κ3) is 3.92. The van der Waals surface area contributed by atoms with Crippen LogP contribution >= 0.6 is 0 Å². The third-order valence-corrected chi connectivity index (χ3v) is 2.79. The van der Waals surface area contributed by atoms with Crippen molar-refractivity contribution >= 4 is 11.6 Å². The van der Waals surface area contributed by atoms with Gasteiger partial charge < -0.3 is 14.3 Å². The molecule has 6 nitrogen and oxygen atoms in total. The van der Waals surface area contributed by atoms with Crippen LogP contribution in [0.2, 0.25) is 0 Å². The number of carboxylic acid groups (broad SMARTS) is 1. The second kappa shape index (κ2) is 6.10. The summed E-state index contributed by atoms with van der Waals surface area (Å²) in [5.74, 6) is -2.76. The van der Waals surface area contributed by atoms with Gasteiger partial charge in [-0.05, 0) is 18.1 Å². The van der Waals surface area contributed by atoms with Crippen LogP contribution in [0.5, 0.6) is 0 Å². The molecule has 3 rings (SSSR count). The van der Waals surface area contributed by atoms with Crippen molar-refractivity contribution in [2.75, 3.05) is 6.61 Å². The van der Waals surface area contributed by atoms with E-state index in [2.05, 4.69) is 22.7 Å². The molecular formula is C12H12F3N3O3. The fourth-order valence-electron chi connectivity index (χ4n) is 1.77. The molecule has 2 aromatic heterocycles. The molecule has 1 saturated heterocycles. The minimum absolute atomic E-state index is 0.321. The van der Waals surface area contributed by atoms with Gasteiger partial charge in [0.25, 0.3) is 0 Å². The number of nitrogens with one attached hydrogen (secondary N) is 1. The molecule has 0 bridgehead atoms. The van der Waals surface area contributed by atoms with Gasteiger partial charge in [-0.25, -0.2) is 9.78 Å². The summed E-state index contributed by atoms with van der Waals surface area (Å²) in [6, 6.07) is 4.44. The van der Waals surface area contributed by atoms with Crippen molar-refractivity contribution in [3.63, 3.8) is 0 Å². The monoisotopic (exact) mass is 303 g/mol. The summed E-state index contributed by atoms with van der Waals surface area (Å²) in [5.41, 5.74) is 5.22. The zero-order chi connectivity index (χ0) is 15.5. The number of hydroxylamine groups is 1. The van der Waals surface area contributed by atoms with Crippen molar-refractivity contribution in [1.29, 1.82) is 0 Å². The lowest BCUT2D eigenvalue weighted by atomic mass is 10.1. The molecule has 1 aliphatic rings. The second-order valence-corrected chi connectivity index (χ2v) is 4.27. The normalized spacial score (nSPS) is 18.3. The quantitative estimate of drug-likeness (QED) is 0.842. The summed E-state index contributed by atoms with van der Waals surface area (Å²) in [4.78, 5) is 18.2. The Bertz CT molecular complexity index is 621. The smallest absolute Gasteiger partial charge is 0.475 e. The zero-order valence-electron chi connectivity index (χ0n) is 10.7. The number of hydrogen-bond acceptors (Lipinski definition) is 4. The summed E-state index contributed by atoms with van der Waals surface area (Å²) in [5, 5.41) is 7.12. The van der Waals surface area contributed by atoms with Crippen LogP contribution in [-0.2, 0) is 9.63 Å². The largest absolute Gasteiger partial charge is 0.490 e. The fraction of sp³-hybridized carbons (Fsp3) is 0.333. The predicted molar refractivity (Wildman–Crippen MR) is 65.3 cm³/mol. The van der Waals surface area contributed by atoms with Gasteiger partial charge in [0.15, 0.2) is 0 Å². The van der Waals surface area contributed by atoms with Crippen LogP contribution in [0.15, 0.2) is 30.7 Å². The summed E-state index contributed by atoms with van der Waals surface area (Å²) in [6.07, 6.45) is 1.79. The number of nitrogens with zero attached hydrogens (tertiary/aromatic N) is 2. The molecule has 1 unspecified atom stereocenters. The van der Waals surface area contributed by atoms with Crippen molar-refractivity contribution in [3.8, 4) is 0 Å². The topological polar surface area (TPSA) is 75.9 Å². The number of fused-ring (bicyclic) bond motifs is 1. The van der Waals surface area contributed by atoms with Crippen molar-refractivity contribution in [2.45, 2.75) is 18.6 Å². The number of imidazole rings is 1. The maximum atomic E-state index is 10.6. The maximum Gasteiger partial charge on any atom is 0.490 e. The molecule has 0 amide bonds. The SMILES string of the molecule is O=C(O)C(F)(F)F.c1cn2cc(C3CCON3)ccc2n1. The highest BCUT2D eigenvalue weighted by molar-refractivity contribution is 5.73. The maximum absolute atomic E-state index is 10.6. The van der Waals surface area contributed by atoms with Gasteiger partial charge in [0.05, 0.1) is 12.6 Å². The minimum Gasteiger partial charge on any atom is -0.475 e. The van der Waals surface area contributed by atoms with Crippen LogP contribution in [0, 0.1) is 0 Å². The Balaban J connectivity index is 0.000000199. The van der Waals surface area contributed by atoms with E-state index < -0.39 is 12.1 Å². The van der Waals surface area contributed by atoms with Crippen molar-refractivity contribution in [3.05, 3.63) is 36.3 Å². The van der Waals surface area contributed by atoms with E-state index in [1.807, 2.05) is 16.7 Å². The highest BCUT2D eigenvalue weighted by atomic mass is 19.4. The Labute approximate surface area is 117 Å². The predicted octanol–water partition coefficient (Wildman–Crippen LogP) is 1.93. The van der Waals surface area contributed by atoms with Gasteiger partial charge in [-0.15, -0.1) is 0 Å². The number of pyridine rings is 1. The summed E-state index contributed by atoms with van der Waals surface area (Å²) in [6.45, 7) is 0.784. The number of carbonyl (C=O) groups is 1. The number of hydrogen-bond donors (Lipinski definition) is 2. The van der Waals surface area contributed by atoms with Crippen LogP contribution in [0.1, 0.15) is 18.0 Å². The summed E-state index contributed by atoms with van der Waals surface area (Å²) < 4.78 is 33.8. The van der Waals surface area contributed by atoms with Gasteiger partial charge in [-0.3, -0.25) is 0 Å². The first-order valence-electron chi connectivity index (χ1n) is 5.98. The molecule has 114 valence electrons. The zero-order valence-corrected chi connectivity index (χ0v) is 10.7. The lowest BCUT2D eigenvalue weighted by molar-refractivity contribution is -0.192. The van der Waals surface area contributed by atoms with E-state index >= 15 is 0 Å². The van der Waals surface area contributed by atoms with E-state index in [0.29, 0.717) is 6.04 Å². The van der Waals surface area contributed by atoms with Gasteiger partial charge >= 0.3 is 12.1 Å². The van der Waals surface area contributed by atoms with Crippen LogP contribution in [0.3, 0.4) is 0 Å². The van der Waals surface area contributed by atoms with E-state index in [-0.39, 0.29) is 0 Å². The molecule has 1 atom stereocenters. The highest BCUT2D eigenvalue weighted by Gasteiger charge is 2.38. The molecular weight excluding hydrogens is 291 g/mol. The van der Waals surface area contributed by atoms with E-state index in [0.717, 1.165) is 18.7 Å². The van der Waals surface area contributed by atoms with Crippen molar-refractivity contribution < 1.29 is 27.9 Å². The lowest BCUT2D eigenvalue weighted by Crippen LogP contribution is -2.21. The van der Waals surface area contributed by atoms with E-state index in [1.54, 1.807) is 6.20 Å². The van der Waals surface area contributed by atoms with Gasteiger partial charge in [-0.1, -0.05) is 6.07 Å². The first kappa shape index (κ1) is 15.3. The van der Waals surface area contributed by atoms with Gasteiger partial charge in [0, 0.05) is 18.6 Å². The molecule has 1 fully saturated rings. The van der Waals surface area contributed by atoms with Crippen LogP contribution < -0.4 is 5.48 Å². The number of rotatable bonds is 1. The van der Waals surface area contributed by atoms with Gasteiger partial charge in [0.2, 0.25) is 0 Å². The number of halogens is 3. The van der Waals surface area contributed by atoms with Crippen molar-refractivity contribution in [2.24, 2.45) is 0 Å². The van der Waals surface area contributed by atoms with Crippen LogP contribution in [0.4, 0.5) is 13.2 Å². The van der Waals surface area contributed by atoms with E-state index in [1.165, 1.54) is 5.56 Å². The molecule has 1 aliphatic heterocycles. The molecule has 21 heavy (non-hydrogen) atoms. The average molecular weight is 303 g/mol. The summed E-state index contributed by atoms with van der Waals surface area (Å²) >= 11 is 0.